The quantitative estimate of drug-likeness (QED) is 0.801. The van der Waals surface area contributed by atoms with E-state index in [0.717, 1.165) is 42.0 Å². The van der Waals surface area contributed by atoms with Crippen molar-refractivity contribution in [3.05, 3.63) is 10.6 Å². The zero-order valence-corrected chi connectivity index (χ0v) is 10.5. The highest BCUT2D eigenvalue weighted by molar-refractivity contribution is 7.15. The summed E-state index contributed by atoms with van der Waals surface area (Å²) in [5, 5.41) is 1.03. The summed E-state index contributed by atoms with van der Waals surface area (Å²) in [6, 6.07) is 0. The number of carbonyl (C=O) groups is 1. The molecule has 2 rings (SSSR count). The first kappa shape index (κ1) is 11.5. The normalized spacial score (nSPS) is 16.5. The van der Waals surface area contributed by atoms with Crippen molar-refractivity contribution < 1.29 is 9.53 Å². The maximum absolute atomic E-state index is 11.1. The Labute approximate surface area is 99.2 Å². The molecule has 1 aromatic rings. The van der Waals surface area contributed by atoms with E-state index in [9.17, 15) is 4.79 Å². The number of anilines is 1. The SMILES string of the molecule is CC(=O)Cc1sc(N2CCOCC2)nc1C. The molecule has 16 heavy (non-hydrogen) atoms. The number of nitrogens with zero attached hydrogens (tertiary/aromatic N) is 2. The molecule has 0 saturated carbocycles. The number of thiazole rings is 1. The monoisotopic (exact) mass is 240 g/mol. The summed E-state index contributed by atoms with van der Waals surface area (Å²) in [6.07, 6.45) is 0.508. The minimum atomic E-state index is 0.195. The Morgan fingerprint density at radius 2 is 2.19 bits per heavy atom. The lowest BCUT2D eigenvalue weighted by molar-refractivity contribution is -0.116. The minimum Gasteiger partial charge on any atom is -0.378 e. The summed E-state index contributed by atoms with van der Waals surface area (Å²) >= 11 is 1.63. The van der Waals surface area contributed by atoms with Crippen LogP contribution in [0.1, 0.15) is 17.5 Å². The van der Waals surface area contributed by atoms with E-state index < -0.39 is 0 Å². The molecule has 0 amide bonds. The van der Waals surface area contributed by atoms with Crippen LogP contribution in [0.15, 0.2) is 0 Å². The summed E-state index contributed by atoms with van der Waals surface area (Å²) in [4.78, 5) is 18.9. The highest BCUT2D eigenvalue weighted by Gasteiger charge is 2.17. The number of morpholine rings is 1. The lowest BCUT2D eigenvalue weighted by atomic mass is 10.2. The van der Waals surface area contributed by atoms with Gasteiger partial charge in [-0.15, -0.1) is 11.3 Å². The number of carbonyl (C=O) groups excluding carboxylic acids is 1. The van der Waals surface area contributed by atoms with Crippen molar-refractivity contribution in [3.63, 3.8) is 0 Å². The summed E-state index contributed by atoms with van der Waals surface area (Å²) in [7, 11) is 0. The molecular formula is C11H16N2O2S. The first-order valence-corrected chi connectivity index (χ1v) is 6.27. The van der Waals surface area contributed by atoms with E-state index in [-0.39, 0.29) is 5.78 Å². The summed E-state index contributed by atoms with van der Waals surface area (Å²) in [5.41, 5.74) is 0.988. The lowest BCUT2D eigenvalue weighted by Crippen LogP contribution is -2.36. The van der Waals surface area contributed by atoms with Gasteiger partial charge in [-0.3, -0.25) is 4.79 Å². The zero-order valence-electron chi connectivity index (χ0n) is 9.65. The molecule has 0 spiro atoms. The van der Waals surface area contributed by atoms with Gasteiger partial charge in [-0.05, 0) is 13.8 Å². The van der Waals surface area contributed by atoms with Gasteiger partial charge in [0.15, 0.2) is 5.13 Å². The highest BCUT2D eigenvalue weighted by Crippen LogP contribution is 2.27. The number of aryl methyl sites for hydroxylation is 1. The molecule has 1 aliphatic rings. The van der Waals surface area contributed by atoms with Crippen molar-refractivity contribution in [2.75, 3.05) is 31.2 Å². The molecule has 0 radical (unpaired) electrons. The average Bonchev–Trinajstić information content (AvgIpc) is 2.61. The van der Waals surface area contributed by atoms with Crippen LogP contribution in [0.25, 0.3) is 0 Å². The van der Waals surface area contributed by atoms with Crippen LogP contribution in [-0.4, -0.2) is 37.1 Å². The molecule has 88 valence electrons. The van der Waals surface area contributed by atoms with Crippen molar-refractivity contribution in [2.45, 2.75) is 20.3 Å². The second-order valence-electron chi connectivity index (χ2n) is 3.98. The van der Waals surface area contributed by atoms with Gasteiger partial charge in [-0.1, -0.05) is 0 Å². The largest absolute Gasteiger partial charge is 0.378 e. The van der Waals surface area contributed by atoms with Gasteiger partial charge in [0, 0.05) is 24.4 Å². The molecule has 0 unspecified atom stereocenters. The summed E-state index contributed by atoms with van der Waals surface area (Å²) in [6.45, 7) is 6.91. The fourth-order valence-corrected chi connectivity index (χ4v) is 2.88. The molecule has 0 atom stereocenters. The van der Waals surface area contributed by atoms with Crippen LogP contribution in [0.2, 0.25) is 0 Å². The van der Waals surface area contributed by atoms with E-state index in [0.29, 0.717) is 6.42 Å². The Hall–Kier alpha value is -0.940. The molecular weight excluding hydrogens is 224 g/mol. The Kier molecular flexibility index (Phi) is 3.56. The third kappa shape index (κ3) is 2.59. The first-order chi connectivity index (χ1) is 7.66. The van der Waals surface area contributed by atoms with E-state index in [1.807, 2.05) is 6.92 Å². The fourth-order valence-electron chi connectivity index (χ4n) is 1.69. The number of hydrogen-bond acceptors (Lipinski definition) is 5. The van der Waals surface area contributed by atoms with Gasteiger partial charge < -0.3 is 9.64 Å². The van der Waals surface area contributed by atoms with E-state index in [1.54, 1.807) is 18.3 Å². The summed E-state index contributed by atoms with van der Waals surface area (Å²) in [5.74, 6) is 0.195. The Bertz CT molecular complexity index is 383. The van der Waals surface area contributed by atoms with Gasteiger partial charge in [0.25, 0.3) is 0 Å². The lowest BCUT2D eigenvalue weighted by Gasteiger charge is -2.26. The van der Waals surface area contributed by atoms with Gasteiger partial charge in [-0.2, -0.15) is 0 Å². The number of Topliss-reactive ketones (excluding diaryl/α,β-unsaturated/α-hetero) is 1. The molecule has 0 N–H and O–H groups in total. The average molecular weight is 240 g/mol. The van der Waals surface area contributed by atoms with Crippen LogP contribution in [-0.2, 0) is 16.0 Å². The third-order valence-corrected chi connectivity index (χ3v) is 3.79. The number of aromatic nitrogens is 1. The highest BCUT2D eigenvalue weighted by atomic mass is 32.1. The van der Waals surface area contributed by atoms with Gasteiger partial charge in [0.05, 0.1) is 18.9 Å². The van der Waals surface area contributed by atoms with E-state index in [1.165, 1.54) is 0 Å². The molecule has 1 aliphatic heterocycles. The first-order valence-electron chi connectivity index (χ1n) is 5.45. The van der Waals surface area contributed by atoms with Crippen LogP contribution < -0.4 is 4.90 Å². The smallest absolute Gasteiger partial charge is 0.185 e. The van der Waals surface area contributed by atoms with Crippen molar-refractivity contribution in [2.24, 2.45) is 0 Å². The number of hydrogen-bond donors (Lipinski definition) is 0. The number of ketones is 1. The van der Waals surface area contributed by atoms with Gasteiger partial charge in [-0.25, -0.2) is 4.98 Å². The van der Waals surface area contributed by atoms with Crippen molar-refractivity contribution in [1.29, 1.82) is 0 Å². The third-order valence-electron chi connectivity index (χ3n) is 2.57. The predicted molar refractivity (Wildman–Crippen MR) is 64.3 cm³/mol. The van der Waals surface area contributed by atoms with Crippen LogP contribution in [0, 0.1) is 6.92 Å². The number of ether oxygens (including phenoxy) is 1. The van der Waals surface area contributed by atoms with E-state index in [4.69, 9.17) is 4.74 Å². The van der Waals surface area contributed by atoms with E-state index in [2.05, 4.69) is 9.88 Å². The van der Waals surface area contributed by atoms with Gasteiger partial charge >= 0.3 is 0 Å². The predicted octanol–water partition coefficient (Wildman–Crippen LogP) is 1.42. The van der Waals surface area contributed by atoms with Crippen molar-refractivity contribution in [1.82, 2.24) is 4.98 Å². The topological polar surface area (TPSA) is 42.4 Å². The van der Waals surface area contributed by atoms with Crippen LogP contribution >= 0.6 is 11.3 Å². The molecule has 1 aromatic heterocycles. The number of rotatable bonds is 3. The van der Waals surface area contributed by atoms with Crippen molar-refractivity contribution >= 4 is 22.3 Å². The molecule has 1 saturated heterocycles. The van der Waals surface area contributed by atoms with Crippen LogP contribution in [0.5, 0.6) is 0 Å². The fraction of sp³-hybridized carbons (Fsp3) is 0.636. The standard InChI is InChI=1S/C11H16N2O2S/c1-8(14)7-10-9(2)12-11(16-10)13-3-5-15-6-4-13/h3-7H2,1-2H3. The van der Waals surface area contributed by atoms with Gasteiger partial charge in [0.1, 0.15) is 5.78 Å². The minimum absolute atomic E-state index is 0.195. The van der Waals surface area contributed by atoms with Crippen LogP contribution in [0.3, 0.4) is 0 Å². The molecule has 1 fully saturated rings. The molecule has 4 nitrogen and oxygen atoms in total. The van der Waals surface area contributed by atoms with E-state index >= 15 is 0 Å². The second-order valence-corrected chi connectivity index (χ2v) is 5.05. The Morgan fingerprint density at radius 1 is 1.50 bits per heavy atom. The maximum atomic E-state index is 11.1. The summed E-state index contributed by atoms with van der Waals surface area (Å²) < 4.78 is 5.30. The van der Waals surface area contributed by atoms with Crippen molar-refractivity contribution in [3.8, 4) is 0 Å². The Balaban J connectivity index is 2.12. The Morgan fingerprint density at radius 3 is 2.81 bits per heavy atom. The second kappa shape index (κ2) is 4.93. The molecule has 0 bridgehead atoms. The maximum Gasteiger partial charge on any atom is 0.185 e. The molecule has 0 aliphatic carbocycles. The molecule has 0 aromatic carbocycles. The molecule has 2 heterocycles. The van der Waals surface area contributed by atoms with Crippen LogP contribution in [0.4, 0.5) is 5.13 Å². The zero-order chi connectivity index (χ0) is 11.5. The van der Waals surface area contributed by atoms with Gasteiger partial charge in [0.2, 0.25) is 0 Å². The molecule has 5 heteroatoms.